The fourth-order valence-electron chi connectivity index (χ4n) is 0.877. The zero-order valence-corrected chi connectivity index (χ0v) is 7.60. The molecule has 0 spiro atoms. The average Bonchev–Trinajstić information content (AvgIpc) is 2.05. The summed E-state index contributed by atoms with van der Waals surface area (Å²) in [5.41, 5.74) is 2.75. The van der Waals surface area contributed by atoms with E-state index in [1.165, 1.54) is 0 Å². The van der Waals surface area contributed by atoms with Gasteiger partial charge < -0.3 is 4.74 Å². The van der Waals surface area contributed by atoms with Gasteiger partial charge in [-0.05, 0) is 19.3 Å². The summed E-state index contributed by atoms with van der Waals surface area (Å²) < 4.78 is 5.32. The molecule has 3 nitrogen and oxygen atoms in total. The Kier molecular flexibility index (Phi) is 7.89. The van der Waals surface area contributed by atoms with E-state index in [1.807, 2.05) is 0 Å². The molecule has 0 radical (unpaired) electrons. The van der Waals surface area contributed by atoms with E-state index in [0.717, 1.165) is 32.5 Å². The van der Waals surface area contributed by atoms with Gasteiger partial charge in [-0.1, -0.05) is 13.8 Å². The maximum atomic E-state index is 5.32. The first-order valence-corrected chi connectivity index (χ1v) is 4.39. The van der Waals surface area contributed by atoms with Gasteiger partial charge in [-0.2, -0.15) is 0 Å². The van der Waals surface area contributed by atoms with Gasteiger partial charge in [0.05, 0.1) is 0 Å². The molecule has 0 rings (SSSR count). The molecule has 1 atom stereocenters. The predicted octanol–water partition coefficient (Wildman–Crippen LogP) is 1.04. The summed E-state index contributed by atoms with van der Waals surface area (Å²) in [7, 11) is 0. The Bertz CT molecular complexity index is 74.5. The molecule has 0 aliphatic rings. The number of ether oxygens (including phenoxy) is 1. The second-order valence-electron chi connectivity index (χ2n) is 2.67. The molecule has 0 aromatic carbocycles. The highest BCUT2D eigenvalue weighted by molar-refractivity contribution is 4.59. The summed E-state index contributed by atoms with van der Waals surface area (Å²) in [5, 5.41) is 0. The second-order valence-corrected chi connectivity index (χ2v) is 2.67. The van der Waals surface area contributed by atoms with E-state index in [0.29, 0.717) is 6.04 Å². The number of rotatable bonds is 7. The number of hydrazine groups is 1. The van der Waals surface area contributed by atoms with Crippen LogP contribution in [0.2, 0.25) is 0 Å². The lowest BCUT2D eigenvalue weighted by molar-refractivity contribution is 0.124. The molecule has 0 saturated carbocycles. The van der Waals surface area contributed by atoms with Gasteiger partial charge in [-0.25, -0.2) is 0 Å². The quantitative estimate of drug-likeness (QED) is 0.332. The SMILES string of the molecule is CCCOCCC(CC)NN. The first-order chi connectivity index (χ1) is 5.35. The van der Waals surface area contributed by atoms with E-state index in [2.05, 4.69) is 19.3 Å². The molecule has 0 bridgehead atoms. The molecule has 11 heavy (non-hydrogen) atoms. The average molecular weight is 160 g/mol. The van der Waals surface area contributed by atoms with Crippen LogP contribution < -0.4 is 11.3 Å². The summed E-state index contributed by atoms with van der Waals surface area (Å²) in [6, 6.07) is 0.409. The number of hydrogen-bond acceptors (Lipinski definition) is 3. The van der Waals surface area contributed by atoms with Gasteiger partial charge in [0.2, 0.25) is 0 Å². The van der Waals surface area contributed by atoms with Gasteiger partial charge in [-0.15, -0.1) is 0 Å². The summed E-state index contributed by atoms with van der Waals surface area (Å²) >= 11 is 0. The number of nitrogens with one attached hydrogen (secondary N) is 1. The van der Waals surface area contributed by atoms with Crippen molar-refractivity contribution in [3.05, 3.63) is 0 Å². The van der Waals surface area contributed by atoms with E-state index < -0.39 is 0 Å². The highest BCUT2D eigenvalue weighted by atomic mass is 16.5. The normalized spacial score (nSPS) is 13.4. The second kappa shape index (κ2) is 7.98. The lowest BCUT2D eigenvalue weighted by Gasteiger charge is -2.12. The van der Waals surface area contributed by atoms with Crippen LogP contribution >= 0.6 is 0 Å². The smallest absolute Gasteiger partial charge is 0.0481 e. The van der Waals surface area contributed by atoms with Gasteiger partial charge >= 0.3 is 0 Å². The Morgan fingerprint density at radius 1 is 1.36 bits per heavy atom. The van der Waals surface area contributed by atoms with Crippen LogP contribution in [0.25, 0.3) is 0 Å². The van der Waals surface area contributed by atoms with Crippen LogP contribution in [0, 0.1) is 0 Å². The maximum absolute atomic E-state index is 5.32. The van der Waals surface area contributed by atoms with Gasteiger partial charge in [0, 0.05) is 19.3 Å². The van der Waals surface area contributed by atoms with Gasteiger partial charge in [0.15, 0.2) is 0 Å². The summed E-state index contributed by atoms with van der Waals surface area (Å²) in [6.45, 7) is 5.90. The van der Waals surface area contributed by atoms with Gasteiger partial charge in [-0.3, -0.25) is 11.3 Å². The van der Waals surface area contributed by atoms with Crippen molar-refractivity contribution in [2.45, 2.75) is 39.2 Å². The van der Waals surface area contributed by atoms with E-state index in [4.69, 9.17) is 10.6 Å². The molecular weight excluding hydrogens is 140 g/mol. The lowest BCUT2D eigenvalue weighted by atomic mass is 10.2. The Morgan fingerprint density at radius 3 is 2.55 bits per heavy atom. The topological polar surface area (TPSA) is 47.3 Å². The molecule has 0 amide bonds. The fourth-order valence-corrected chi connectivity index (χ4v) is 0.877. The third-order valence-corrected chi connectivity index (χ3v) is 1.69. The zero-order valence-electron chi connectivity index (χ0n) is 7.60. The summed E-state index contributed by atoms with van der Waals surface area (Å²) in [6.07, 6.45) is 3.16. The third-order valence-electron chi connectivity index (χ3n) is 1.69. The van der Waals surface area contributed by atoms with Crippen molar-refractivity contribution in [1.29, 1.82) is 0 Å². The van der Waals surface area contributed by atoms with E-state index in [-0.39, 0.29) is 0 Å². The van der Waals surface area contributed by atoms with Crippen molar-refractivity contribution in [3.63, 3.8) is 0 Å². The van der Waals surface area contributed by atoms with Crippen LogP contribution in [0.3, 0.4) is 0 Å². The van der Waals surface area contributed by atoms with E-state index in [9.17, 15) is 0 Å². The minimum Gasteiger partial charge on any atom is -0.381 e. The van der Waals surface area contributed by atoms with Crippen LogP contribution in [-0.2, 0) is 4.74 Å². The molecule has 0 fully saturated rings. The predicted molar refractivity (Wildman–Crippen MR) is 47.1 cm³/mol. The largest absolute Gasteiger partial charge is 0.381 e. The van der Waals surface area contributed by atoms with Crippen LogP contribution in [0.1, 0.15) is 33.1 Å². The fraction of sp³-hybridized carbons (Fsp3) is 1.00. The van der Waals surface area contributed by atoms with Crippen LogP contribution in [-0.4, -0.2) is 19.3 Å². The highest BCUT2D eigenvalue weighted by Crippen LogP contribution is 1.96. The van der Waals surface area contributed by atoms with Crippen LogP contribution in [0.4, 0.5) is 0 Å². The third kappa shape index (κ3) is 6.28. The van der Waals surface area contributed by atoms with Crippen molar-refractivity contribution < 1.29 is 4.74 Å². The standard InChI is InChI=1S/C8H20N2O/c1-3-6-11-7-5-8(4-2)10-9/h8,10H,3-7,9H2,1-2H3. The van der Waals surface area contributed by atoms with Crippen LogP contribution in [0.5, 0.6) is 0 Å². The Morgan fingerprint density at radius 2 is 2.09 bits per heavy atom. The highest BCUT2D eigenvalue weighted by Gasteiger charge is 2.01. The molecule has 1 unspecified atom stereocenters. The lowest BCUT2D eigenvalue weighted by Crippen LogP contribution is -2.35. The Hall–Kier alpha value is -0.120. The van der Waals surface area contributed by atoms with Crippen molar-refractivity contribution in [3.8, 4) is 0 Å². The van der Waals surface area contributed by atoms with E-state index >= 15 is 0 Å². The van der Waals surface area contributed by atoms with Crippen molar-refractivity contribution >= 4 is 0 Å². The molecule has 68 valence electrons. The molecule has 0 heterocycles. The number of nitrogens with two attached hydrogens (primary N) is 1. The van der Waals surface area contributed by atoms with Gasteiger partial charge in [0.1, 0.15) is 0 Å². The molecule has 0 aromatic rings. The summed E-state index contributed by atoms with van der Waals surface area (Å²) in [5.74, 6) is 5.29. The maximum Gasteiger partial charge on any atom is 0.0481 e. The monoisotopic (exact) mass is 160 g/mol. The Labute approximate surface area is 69.3 Å². The minimum atomic E-state index is 0.409. The molecule has 3 heteroatoms. The first kappa shape index (κ1) is 10.9. The molecule has 3 N–H and O–H groups in total. The van der Waals surface area contributed by atoms with Crippen LogP contribution in [0.15, 0.2) is 0 Å². The first-order valence-electron chi connectivity index (χ1n) is 4.39. The molecule has 0 saturated heterocycles. The minimum absolute atomic E-state index is 0.409. The van der Waals surface area contributed by atoms with Crippen molar-refractivity contribution in [2.75, 3.05) is 13.2 Å². The molecule has 0 aromatic heterocycles. The van der Waals surface area contributed by atoms with Crippen molar-refractivity contribution in [2.24, 2.45) is 5.84 Å². The number of hydrogen-bond donors (Lipinski definition) is 2. The van der Waals surface area contributed by atoms with Gasteiger partial charge in [0.25, 0.3) is 0 Å². The van der Waals surface area contributed by atoms with Crippen molar-refractivity contribution in [1.82, 2.24) is 5.43 Å². The van der Waals surface area contributed by atoms with E-state index in [1.54, 1.807) is 0 Å². The molecule has 0 aliphatic heterocycles. The Balaban J connectivity index is 3.07. The summed E-state index contributed by atoms with van der Waals surface area (Å²) in [4.78, 5) is 0. The zero-order chi connectivity index (χ0) is 8.53. The molecule has 0 aliphatic carbocycles. The molecular formula is C8H20N2O.